The monoisotopic (exact) mass is 923 g/mol. The number of benzene rings is 1. The summed E-state index contributed by atoms with van der Waals surface area (Å²) in [6, 6.07) is 7.83. The number of fused-ring (bicyclic) bond motifs is 6. The molecule has 16 nitrogen and oxygen atoms in total. The molecule has 2 N–H and O–H groups in total. The molecule has 0 saturated carbocycles. The minimum atomic E-state index is -1.23. The second-order valence-electron chi connectivity index (χ2n) is 19.3. The molecule has 66 heavy (non-hydrogen) atoms. The van der Waals surface area contributed by atoms with Crippen LogP contribution in [0.3, 0.4) is 0 Å². The number of amides is 5. The number of hydrogen-bond acceptors (Lipinski definition) is 11. The van der Waals surface area contributed by atoms with Crippen molar-refractivity contribution >= 4 is 52.0 Å². The third-order valence-corrected chi connectivity index (χ3v) is 14.3. The fourth-order valence-corrected chi connectivity index (χ4v) is 10.4. The first kappa shape index (κ1) is 48.3. The topological polar surface area (TPSA) is 172 Å². The van der Waals surface area contributed by atoms with E-state index in [9.17, 15) is 24.0 Å². The van der Waals surface area contributed by atoms with Crippen LogP contribution in [0, 0.1) is 11.3 Å². The smallest absolute Gasteiger partial charge is 0.327 e. The van der Waals surface area contributed by atoms with E-state index in [0.29, 0.717) is 50.4 Å². The van der Waals surface area contributed by atoms with E-state index in [2.05, 4.69) is 66.9 Å². The molecule has 0 aliphatic carbocycles. The van der Waals surface area contributed by atoms with Gasteiger partial charge in [-0.3, -0.25) is 24.4 Å². The molecule has 5 amide bonds. The molecule has 354 valence electrons. The van der Waals surface area contributed by atoms with E-state index >= 15 is 0 Å². The maximum Gasteiger partial charge on any atom is 0.327 e. The van der Waals surface area contributed by atoms with Gasteiger partial charge in [0.2, 0.25) is 11.8 Å². The largest absolute Gasteiger partial charge is 0.464 e. The van der Waals surface area contributed by atoms with E-state index in [1.807, 2.05) is 32.2 Å². The van der Waals surface area contributed by atoms with Crippen molar-refractivity contribution in [2.45, 2.75) is 110 Å². The number of urea groups is 1. The normalized spacial score (nSPS) is 21.1. The minimum Gasteiger partial charge on any atom is -0.464 e. The maximum atomic E-state index is 14.7. The average molecular weight is 924 g/mol. The molecule has 3 aliphatic rings. The number of methoxy groups -OCH3 is 1. The molecule has 0 radical (unpaired) electrons. The van der Waals surface area contributed by atoms with Crippen LogP contribution in [-0.2, 0) is 48.0 Å². The molecule has 1 aromatic carbocycles. The highest BCUT2D eigenvalue weighted by atomic mass is 32.1. The fourth-order valence-electron chi connectivity index (χ4n) is 9.52. The van der Waals surface area contributed by atoms with E-state index < -0.39 is 40.8 Å². The van der Waals surface area contributed by atoms with Gasteiger partial charge in [-0.25, -0.2) is 20.0 Å². The summed E-state index contributed by atoms with van der Waals surface area (Å²) in [6.07, 6.45) is 4.34. The zero-order chi connectivity index (χ0) is 47.8. The molecule has 6 heterocycles. The Labute approximate surface area is 391 Å². The molecule has 3 aliphatic heterocycles. The summed E-state index contributed by atoms with van der Waals surface area (Å²) in [6.45, 7) is 19.0. The van der Waals surface area contributed by atoms with E-state index in [1.165, 1.54) is 27.3 Å². The first-order chi connectivity index (χ1) is 31.3. The van der Waals surface area contributed by atoms with Crippen molar-refractivity contribution in [3.05, 3.63) is 70.8 Å². The zero-order valence-corrected chi connectivity index (χ0v) is 40.8. The Kier molecular flexibility index (Phi) is 14.1. The van der Waals surface area contributed by atoms with Gasteiger partial charge in [-0.05, 0) is 81.9 Å². The number of nitrogens with zero attached hydrogens (tertiary/aromatic N) is 7. The zero-order valence-electron chi connectivity index (χ0n) is 40.0. The van der Waals surface area contributed by atoms with Gasteiger partial charge in [0.05, 0.1) is 40.8 Å². The summed E-state index contributed by atoms with van der Waals surface area (Å²) < 4.78 is 14.3. The maximum absolute atomic E-state index is 14.7. The van der Waals surface area contributed by atoms with Gasteiger partial charge in [0.25, 0.3) is 5.91 Å². The Hall–Kier alpha value is -5.65. The lowest BCUT2D eigenvalue weighted by Gasteiger charge is -2.46. The second-order valence-corrected chi connectivity index (χ2v) is 20.2. The predicted octanol–water partition coefficient (Wildman–Crippen LogP) is 6.00. The molecule has 7 rings (SSSR count). The van der Waals surface area contributed by atoms with Crippen LogP contribution >= 0.6 is 11.3 Å². The molecule has 0 spiro atoms. The number of thiazole rings is 1. The third-order valence-electron chi connectivity index (χ3n) is 13.4. The highest BCUT2D eigenvalue weighted by Gasteiger charge is 2.44. The molecule has 3 aromatic heterocycles. The van der Waals surface area contributed by atoms with Crippen LogP contribution in [0.4, 0.5) is 4.79 Å². The summed E-state index contributed by atoms with van der Waals surface area (Å²) in [5, 5.41) is 8.09. The van der Waals surface area contributed by atoms with E-state index in [-0.39, 0.29) is 43.0 Å². The number of carbonyl (C=O) groups excluding carboxylic acids is 5. The van der Waals surface area contributed by atoms with Crippen molar-refractivity contribution < 1.29 is 33.4 Å². The van der Waals surface area contributed by atoms with E-state index in [1.54, 1.807) is 44.1 Å². The number of hydrazine groups is 1. The summed E-state index contributed by atoms with van der Waals surface area (Å²) in [4.78, 5) is 83.8. The summed E-state index contributed by atoms with van der Waals surface area (Å²) in [5.41, 5.74) is 8.04. The number of aromatic nitrogens is 3. The molecule has 4 aromatic rings. The fraction of sp³-hybridized carbons (Fsp3) is 0.531. The second kappa shape index (κ2) is 19.3. The highest BCUT2D eigenvalue weighted by molar-refractivity contribution is 7.10. The minimum absolute atomic E-state index is 0.0635. The van der Waals surface area contributed by atoms with Crippen molar-refractivity contribution in [3.8, 4) is 22.5 Å². The van der Waals surface area contributed by atoms with Crippen LogP contribution in [0.25, 0.3) is 33.4 Å². The number of carbonyl (C=O) groups is 5. The number of aryl methyl sites for hydroxylation is 1. The number of ether oxygens (including phenoxy) is 2. The number of cyclic esters (lactones) is 1. The van der Waals surface area contributed by atoms with Crippen molar-refractivity contribution in [2.75, 3.05) is 47.4 Å². The molecule has 2 fully saturated rings. The van der Waals surface area contributed by atoms with Gasteiger partial charge in [-0.1, -0.05) is 40.3 Å². The Morgan fingerprint density at radius 1 is 1.14 bits per heavy atom. The van der Waals surface area contributed by atoms with Gasteiger partial charge in [-0.15, -0.1) is 11.3 Å². The SMILES string of the molecule is C=CC(=O)N(C)C1CN(C(=O)N(C)[C@H](C(=O)N[C@H]2Cc3nc(cs3)-c3ccc4c(c3)c(c(-c3cccnc3[C@H](C)OC)n4CC)CC(C)(C)COC(=O)[C@@]3(C)CCCN(N3)C2=O)C(C)C)C1. The predicted molar refractivity (Wildman–Crippen MR) is 254 cm³/mol. The summed E-state index contributed by atoms with van der Waals surface area (Å²) in [5.74, 6) is -1.97. The van der Waals surface area contributed by atoms with Crippen molar-refractivity contribution in [1.82, 2.24) is 45.0 Å². The molecule has 6 bridgehead atoms. The van der Waals surface area contributed by atoms with E-state index in [4.69, 9.17) is 19.4 Å². The number of nitrogens with one attached hydrogen (secondary N) is 2. The highest BCUT2D eigenvalue weighted by Crippen LogP contribution is 2.42. The standard InChI is InChI=1S/C49H65N9O7S/c1-12-40(59)54(9)32-25-56(26-32)47(63)55(10)42(29(3)4)44(60)52-36-23-39-51-37(27-66-39)31-17-18-38-34(22-31)35(43(57(38)13-2)33-16-14-20-50-41(33)30(5)64-11)24-48(6,7)28-65-46(62)49(8)19-15-21-58(53-49)45(36)61/h12,14,16-18,20,22,27,29-30,32,36,42,53H,1,13,15,19,21,23-26,28H2,2-11H3,(H,52,60)/t30-,36-,42-,49+/m0/s1. The van der Waals surface area contributed by atoms with Gasteiger partial charge in [-0.2, -0.15) is 0 Å². The molecular formula is C49H65N9O7S. The number of pyridine rings is 1. The summed E-state index contributed by atoms with van der Waals surface area (Å²) >= 11 is 1.40. The number of esters is 1. The quantitative estimate of drug-likeness (QED) is 0.142. The number of rotatable bonds is 10. The van der Waals surface area contributed by atoms with Crippen molar-refractivity contribution in [3.63, 3.8) is 0 Å². The average Bonchev–Trinajstić information content (AvgIpc) is 3.87. The number of hydrogen-bond donors (Lipinski definition) is 2. The molecule has 4 atom stereocenters. The lowest BCUT2D eigenvalue weighted by Crippen LogP contribution is -2.67. The van der Waals surface area contributed by atoms with Gasteiger partial charge >= 0.3 is 12.0 Å². The van der Waals surface area contributed by atoms with Crippen LogP contribution < -0.4 is 10.7 Å². The lowest BCUT2D eigenvalue weighted by atomic mass is 9.84. The van der Waals surface area contributed by atoms with E-state index in [0.717, 1.165) is 44.7 Å². The van der Waals surface area contributed by atoms with Crippen LogP contribution in [0.5, 0.6) is 0 Å². The van der Waals surface area contributed by atoms with Crippen LogP contribution in [-0.4, -0.2) is 135 Å². The number of likely N-dealkylation sites (tertiary alicyclic amines) is 1. The Morgan fingerprint density at radius 2 is 1.88 bits per heavy atom. The van der Waals surface area contributed by atoms with Crippen molar-refractivity contribution in [1.29, 1.82) is 0 Å². The molecule has 17 heteroatoms. The first-order valence-corrected chi connectivity index (χ1v) is 23.7. The Morgan fingerprint density at radius 3 is 2.56 bits per heavy atom. The summed E-state index contributed by atoms with van der Waals surface area (Å²) in [7, 11) is 4.94. The lowest BCUT2D eigenvalue weighted by molar-refractivity contribution is -0.162. The van der Waals surface area contributed by atoms with Gasteiger partial charge < -0.3 is 34.1 Å². The molecule has 2 saturated heterocycles. The Balaban J connectivity index is 1.26. The van der Waals surface area contributed by atoms with Crippen LogP contribution in [0.15, 0.2) is 54.6 Å². The Bertz CT molecular complexity index is 2510. The number of likely N-dealkylation sites (N-methyl/N-ethyl adjacent to an activating group) is 2. The first-order valence-electron chi connectivity index (χ1n) is 22.9. The van der Waals surface area contributed by atoms with Crippen molar-refractivity contribution in [2.24, 2.45) is 11.3 Å². The van der Waals surface area contributed by atoms with Crippen LogP contribution in [0.2, 0.25) is 0 Å². The van der Waals surface area contributed by atoms with Gasteiger partial charge in [0, 0.05) is 92.8 Å². The van der Waals surface area contributed by atoms with Gasteiger partial charge in [0.15, 0.2) is 0 Å². The van der Waals surface area contributed by atoms with Gasteiger partial charge in [0.1, 0.15) is 17.6 Å². The molecular weight excluding hydrogens is 859 g/mol. The van der Waals surface area contributed by atoms with Crippen LogP contribution in [0.1, 0.15) is 83.7 Å². The molecule has 0 unspecified atom stereocenters. The third kappa shape index (κ3) is 9.47.